The number of benzene rings is 1. The van der Waals surface area contributed by atoms with Crippen LogP contribution in [0, 0.1) is 0 Å². The lowest BCUT2D eigenvalue weighted by atomic mass is 10.1. The van der Waals surface area contributed by atoms with Crippen molar-refractivity contribution >= 4 is 5.97 Å². The van der Waals surface area contributed by atoms with Crippen LogP contribution in [-0.2, 0) is 15.9 Å². The van der Waals surface area contributed by atoms with E-state index in [-0.39, 0.29) is 5.97 Å². The fraction of sp³-hybridized carbons (Fsp3) is 0.462. The number of ether oxygens (including phenoxy) is 2. The van der Waals surface area contributed by atoms with Crippen LogP contribution in [0.1, 0.15) is 22.3 Å². The van der Waals surface area contributed by atoms with Crippen LogP contribution in [0.4, 0.5) is 0 Å². The lowest BCUT2D eigenvalue weighted by Gasteiger charge is -2.06. The van der Waals surface area contributed by atoms with Gasteiger partial charge >= 0.3 is 5.97 Å². The van der Waals surface area contributed by atoms with E-state index in [0.29, 0.717) is 31.7 Å². The first-order valence-corrected chi connectivity index (χ1v) is 5.73. The third kappa shape index (κ3) is 4.97. The van der Waals surface area contributed by atoms with E-state index in [0.717, 1.165) is 12.0 Å². The number of carbonyl (C=O) groups is 1. The standard InChI is InChI=1S/C13H19NO3/c1-16-8-3-9-17-13(15)12-5-2-4-11(10-12)6-7-14/h2,4-5,10H,3,6-9,14H2,1H3. The quantitative estimate of drug-likeness (QED) is 0.575. The second kappa shape index (κ2) is 7.81. The minimum atomic E-state index is -0.292. The van der Waals surface area contributed by atoms with Crippen molar-refractivity contribution in [3.8, 4) is 0 Å². The van der Waals surface area contributed by atoms with E-state index in [2.05, 4.69) is 0 Å². The van der Waals surface area contributed by atoms with Crippen LogP contribution in [0.3, 0.4) is 0 Å². The molecule has 0 spiro atoms. The number of esters is 1. The zero-order chi connectivity index (χ0) is 12.5. The molecule has 0 bridgehead atoms. The maximum Gasteiger partial charge on any atom is 0.338 e. The molecule has 0 aliphatic rings. The maximum absolute atomic E-state index is 11.7. The first-order valence-electron chi connectivity index (χ1n) is 5.73. The second-order valence-electron chi connectivity index (χ2n) is 3.72. The number of hydrogen-bond donors (Lipinski definition) is 1. The number of carbonyl (C=O) groups excluding carboxylic acids is 1. The molecule has 1 aromatic rings. The number of hydrogen-bond acceptors (Lipinski definition) is 4. The van der Waals surface area contributed by atoms with Gasteiger partial charge < -0.3 is 15.2 Å². The molecule has 94 valence electrons. The summed E-state index contributed by atoms with van der Waals surface area (Å²) < 4.78 is 9.99. The van der Waals surface area contributed by atoms with Gasteiger partial charge in [0.05, 0.1) is 12.2 Å². The highest BCUT2D eigenvalue weighted by Gasteiger charge is 2.07. The Labute approximate surface area is 102 Å². The molecule has 1 aromatic carbocycles. The number of rotatable bonds is 7. The summed E-state index contributed by atoms with van der Waals surface area (Å²) in [5, 5.41) is 0. The van der Waals surface area contributed by atoms with Gasteiger partial charge in [-0.3, -0.25) is 0 Å². The van der Waals surface area contributed by atoms with Gasteiger partial charge in [0.25, 0.3) is 0 Å². The zero-order valence-electron chi connectivity index (χ0n) is 10.1. The van der Waals surface area contributed by atoms with Gasteiger partial charge in [-0.15, -0.1) is 0 Å². The molecular weight excluding hydrogens is 218 g/mol. The molecule has 2 N–H and O–H groups in total. The van der Waals surface area contributed by atoms with Crippen molar-refractivity contribution in [3.05, 3.63) is 35.4 Å². The average molecular weight is 237 g/mol. The lowest BCUT2D eigenvalue weighted by Crippen LogP contribution is -2.09. The van der Waals surface area contributed by atoms with Crippen LogP contribution in [0.25, 0.3) is 0 Å². The summed E-state index contributed by atoms with van der Waals surface area (Å²) >= 11 is 0. The molecule has 0 amide bonds. The fourth-order valence-electron chi connectivity index (χ4n) is 1.47. The van der Waals surface area contributed by atoms with Crippen LogP contribution < -0.4 is 5.73 Å². The Balaban J connectivity index is 2.47. The first-order chi connectivity index (χ1) is 8.27. The lowest BCUT2D eigenvalue weighted by molar-refractivity contribution is 0.0468. The Kier molecular flexibility index (Phi) is 6.29. The first kappa shape index (κ1) is 13.7. The summed E-state index contributed by atoms with van der Waals surface area (Å²) in [6, 6.07) is 7.37. The van der Waals surface area contributed by atoms with Crippen molar-refractivity contribution in [1.29, 1.82) is 0 Å². The predicted molar refractivity (Wildman–Crippen MR) is 66.0 cm³/mol. The second-order valence-corrected chi connectivity index (χ2v) is 3.72. The minimum absolute atomic E-state index is 0.292. The van der Waals surface area contributed by atoms with Crippen LogP contribution in [0.2, 0.25) is 0 Å². The highest BCUT2D eigenvalue weighted by molar-refractivity contribution is 5.89. The van der Waals surface area contributed by atoms with E-state index in [4.69, 9.17) is 15.2 Å². The summed E-state index contributed by atoms with van der Waals surface area (Å²) in [5.74, 6) is -0.292. The largest absolute Gasteiger partial charge is 0.462 e. The molecule has 0 radical (unpaired) electrons. The molecule has 1 rings (SSSR count). The van der Waals surface area contributed by atoms with Gasteiger partial charge in [0.2, 0.25) is 0 Å². The summed E-state index contributed by atoms with van der Waals surface area (Å²) in [4.78, 5) is 11.7. The van der Waals surface area contributed by atoms with Gasteiger partial charge in [0, 0.05) is 20.1 Å². The predicted octanol–water partition coefficient (Wildman–Crippen LogP) is 1.38. The van der Waals surface area contributed by atoms with Gasteiger partial charge in [-0.05, 0) is 30.7 Å². The summed E-state index contributed by atoms with van der Waals surface area (Å²) in [6.07, 6.45) is 1.48. The van der Waals surface area contributed by atoms with Gasteiger partial charge in [-0.1, -0.05) is 12.1 Å². The summed E-state index contributed by atoms with van der Waals surface area (Å²) in [5.41, 5.74) is 7.10. The Morgan fingerprint density at radius 3 is 2.88 bits per heavy atom. The minimum Gasteiger partial charge on any atom is -0.462 e. The average Bonchev–Trinajstić information content (AvgIpc) is 2.35. The van der Waals surface area contributed by atoms with E-state index in [9.17, 15) is 4.79 Å². The van der Waals surface area contributed by atoms with E-state index in [1.165, 1.54) is 0 Å². The summed E-state index contributed by atoms with van der Waals surface area (Å²) in [7, 11) is 1.62. The molecular formula is C13H19NO3. The monoisotopic (exact) mass is 237 g/mol. The van der Waals surface area contributed by atoms with Crippen molar-refractivity contribution in [2.75, 3.05) is 26.9 Å². The molecule has 0 saturated heterocycles. The molecule has 0 atom stereocenters. The van der Waals surface area contributed by atoms with Gasteiger partial charge in [0.1, 0.15) is 0 Å². The molecule has 4 nitrogen and oxygen atoms in total. The Hall–Kier alpha value is -1.39. The summed E-state index contributed by atoms with van der Waals surface area (Å²) in [6.45, 7) is 1.56. The highest BCUT2D eigenvalue weighted by Crippen LogP contribution is 2.07. The van der Waals surface area contributed by atoms with E-state index >= 15 is 0 Å². The smallest absolute Gasteiger partial charge is 0.338 e. The SMILES string of the molecule is COCCCOC(=O)c1cccc(CCN)c1. The normalized spacial score (nSPS) is 10.2. The van der Waals surface area contributed by atoms with Crippen LogP contribution >= 0.6 is 0 Å². The van der Waals surface area contributed by atoms with Crippen molar-refractivity contribution in [2.24, 2.45) is 5.73 Å². The molecule has 17 heavy (non-hydrogen) atoms. The fourth-order valence-corrected chi connectivity index (χ4v) is 1.47. The van der Waals surface area contributed by atoms with Crippen LogP contribution in [0.5, 0.6) is 0 Å². The van der Waals surface area contributed by atoms with Crippen LogP contribution in [-0.4, -0.2) is 32.8 Å². The molecule has 0 heterocycles. The third-order valence-electron chi connectivity index (χ3n) is 2.32. The van der Waals surface area contributed by atoms with Crippen molar-refractivity contribution < 1.29 is 14.3 Å². The third-order valence-corrected chi connectivity index (χ3v) is 2.32. The highest BCUT2D eigenvalue weighted by atomic mass is 16.5. The maximum atomic E-state index is 11.7. The molecule has 0 aliphatic carbocycles. The van der Waals surface area contributed by atoms with Gasteiger partial charge in [-0.2, -0.15) is 0 Å². The van der Waals surface area contributed by atoms with Crippen molar-refractivity contribution in [3.63, 3.8) is 0 Å². The van der Waals surface area contributed by atoms with Crippen molar-refractivity contribution in [1.82, 2.24) is 0 Å². The Morgan fingerprint density at radius 2 is 2.18 bits per heavy atom. The topological polar surface area (TPSA) is 61.5 Å². The molecule has 0 unspecified atom stereocenters. The molecule has 0 saturated carbocycles. The van der Waals surface area contributed by atoms with E-state index < -0.39 is 0 Å². The van der Waals surface area contributed by atoms with E-state index in [1.807, 2.05) is 18.2 Å². The Morgan fingerprint density at radius 1 is 1.35 bits per heavy atom. The Bertz CT molecular complexity index is 352. The molecule has 4 heteroatoms. The van der Waals surface area contributed by atoms with E-state index in [1.54, 1.807) is 13.2 Å². The number of methoxy groups -OCH3 is 1. The van der Waals surface area contributed by atoms with Gasteiger partial charge in [-0.25, -0.2) is 4.79 Å². The zero-order valence-corrected chi connectivity index (χ0v) is 10.1. The molecule has 0 aliphatic heterocycles. The molecule has 0 fully saturated rings. The van der Waals surface area contributed by atoms with Crippen molar-refractivity contribution in [2.45, 2.75) is 12.8 Å². The van der Waals surface area contributed by atoms with Gasteiger partial charge in [0.15, 0.2) is 0 Å². The molecule has 0 aromatic heterocycles. The van der Waals surface area contributed by atoms with Crippen LogP contribution in [0.15, 0.2) is 24.3 Å². The number of nitrogens with two attached hydrogens (primary N) is 1.